The van der Waals surface area contributed by atoms with Crippen LogP contribution in [0, 0.1) is 19.9 Å². The molecule has 0 aliphatic carbocycles. The molecule has 35 heavy (non-hydrogen) atoms. The van der Waals surface area contributed by atoms with Crippen LogP contribution < -0.4 is 0 Å². The van der Waals surface area contributed by atoms with Crippen LogP contribution in [0.2, 0.25) is 0 Å². The number of nitrogens with zero attached hydrogens (tertiary/aromatic N) is 2. The van der Waals surface area contributed by atoms with Gasteiger partial charge in [-0.25, -0.2) is 0 Å². The third-order valence-electron chi connectivity index (χ3n) is 5.59. The molecule has 179 valence electrons. The van der Waals surface area contributed by atoms with Crippen molar-refractivity contribution in [3.05, 3.63) is 114 Å². The van der Waals surface area contributed by atoms with Gasteiger partial charge in [-0.1, -0.05) is 64.1 Å². The van der Waals surface area contributed by atoms with E-state index >= 15 is 0 Å². The molecule has 1 N–H and O–H groups in total. The van der Waals surface area contributed by atoms with Gasteiger partial charge in [0.2, 0.25) is 0 Å². The number of hydrogen-bond donors (Lipinski definition) is 1. The van der Waals surface area contributed by atoms with E-state index in [4.69, 9.17) is 1.37 Å². The Labute approximate surface area is 222 Å². The van der Waals surface area contributed by atoms with E-state index in [0.29, 0.717) is 0 Å². The summed E-state index contributed by atoms with van der Waals surface area (Å²) in [5.41, 5.74) is 6.90. The van der Waals surface area contributed by atoms with E-state index in [0.717, 1.165) is 44.4 Å². The summed E-state index contributed by atoms with van der Waals surface area (Å²) < 4.78 is 8.20. The number of rotatable bonds is 3. The molecule has 1 radical (unpaired) electrons. The van der Waals surface area contributed by atoms with Crippen LogP contribution in [0.15, 0.2) is 91.3 Å². The molecule has 0 unspecified atom stereocenters. The molecular weight excluding hydrogens is 609 g/mol. The van der Waals surface area contributed by atoms with E-state index < -0.39 is 5.89 Å². The zero-order valence-corrected chi connectivity index (χ0v) is 22.7. The van der Waals surface area contributed by atoms with Crippen molar-refractivity contribution in [1.29, 1.82) is 0 Å². The van der Waals surface area contributed by atoms with Gasteiger partial charge in [0.15, 0.2) is 0 Å². The zero-order valence-electron chi connectivity index (χ0n) is 21.3. The van der Waals surface area contributed by atoms with Gasteiger partial charge in [-0.3, -0.25) is 4.98 Å². The van der Waals surface area contributed by atoms with Crippen LogP contribution in [0.4, 0.5) is 0 Å². The van der Waals surface area contributed by atoms with Gasteiger partial charge >= 0.3 is 0 Å². The van der Waals surface area contributed by atoms with E-state index in [2.05, 4.69) is 54.1 Å². The Morgan fingerprint density at radius 3 is 2.31 bits per heavy atom. The van der Waals surface area contributed by atoms with Gasteiger partial charge in [0.25, 0.3) is 0 Å². The van der Waals surface area contributed by atoms with Crippen molar-refractivity contribution in [2.75, 3.05) is 0 Å². The minimum atomic E-state index is -0.594. The molecule has 4 heteroatoms. The number of aryl methyl sites for hydroxylation is 2. The van der Waals surface area contributed by atoms with Gasteiger partial charge in [0, 0.05) is 39.4 Å². The number of para-hydroxylation sites is 1. The average molecular weight is 639 g/mol. The van der Waals surface area contributed by atoms with E-state index in [1.54, 1.807) is 18.3 Å². The SMILES string of the molecule is Oc1ccccc1-c1ccccn1.[2H]C(C)(C)c1ccc2c(-c3[c-]c(C)cc(C)c3)nccc2c1.[Ir]. The summed E-state index contributed by atoms with van der Waals surface area (Å²) in [6.07, 6.45) is 3.55. The number of phenols is 1. The van der Waals surface area contributed by atoms with Gasteiger partial charge in [-0.15, -0.1) is 34.9 Å². The maximum atomic E-state index is 9.52. The molecule has 2 aromatic heterocycles. The second-order valence-electron chi connectivity index (χ2n) is 8.58. The van der Waals surface area contributed by atoms with Crippen LogP contribution in [0.3, 0.4) is 0 Å². The van der Waals surface area contributed by atoms with Crippen LogP contribution in [0.1, 0.15) is 37.8 Å². The van der Waals surface area contributed by atoms with Gasteiger partial charge in [0.1, 0.15) is 5.75 Å². The maximum absolute atomic E-state index is 9.52. The summed E-state index contributed by atoms with van der Waals surface area (Å²) >= 11 is 0. The Hall–Kier alpha value is -3.33. The number of aromatic hydroxyl groups is 1. The minimum absolute atomic E-state index is 0. The standard InChI is InChI=1S/C20H20N.C11H9NO.Ir/c1-13(2)16-5-6-19-17(12-16)7-8-21-20(19)18-10-14(3)9-15(4)11-18;13-11-7-2-1-5-9(11)10-6-3-4-8-12-10;/h5-10,12-13H,1-4H3;1-8,13H;/q-1;;/i13D;;. The first-order valence-electron chi connectivity index (χ1n) is 11.8. The van der Waals surface area contributed by atoms with Crippen molar-refractivity contribution in [3.8, 4) is 28.3 Å². The van der Waals surface area contributed by atoms with Gasteiger partial charge < -0.3 is 10.1 Å². The number of aromatic nitrogens is 2. The van der Waals surface area contributed by atoms with E-state index in [1.807, 2.05) is 62.5 Å². The summed E-state index contributed by atoms with van der Waals surface area (Å²) in [6.45, 7) is 7.97. The molecule has 0 aliphatic heterocycles. The van der Waals surface area contributed by atoms with Gasteiger partial charge in [0.05, 0.1) is 5.69 Å². The molecule has 0 spiro atoms. The Kier molecular flexibility index (Phi) is 8.41. The predicted octanol–water partition coefficient (Wildman–Crippen LogP) is 7.89. The number of benzene rings is 3. The Morgan fingerprint density at radius 2 is 1.63 bits per heavy atom. The first kappa shape index (κ1) is 24.8. The number of hydrogen-bond acceptors (Lipinski definition) is 3. The Balaban J connectivity index is 0.000000221. The van der Waals surface area contributed by atoms with Crippen LogP contribution in [0.5, 0.6) is 5.75 Å². The van der Waals surface area contributed by atoms with E-state index in [1.165, 1.54) is 5.56 Å². The topological polar surface area (TPSA) is 46.0 Å². The smallest absolute Gasteiger partial charge is 0.124 e. The largest absolute Gasteiger partial charge is 0.507 e. The van der Waals surface area contributed by atoms with Crippen LogP contribution in [-0.4, -0.2) is 15.1 Å². The van der Waals surface area contributed by atoms with Crippen molar-refractivity contribution in [2.24, 2.45) is 0 Å². The molecule has 5 aromatic rings. The number of pyridine rings is 2. The summed E-state index contributed by atoms with van der Waals surface area (Å²) in [7, 11) is 0. The molecule has 0 bridgehead atoms. The molecule has 5 rings (SSSR count). The summed E-state index contributed by atoms with van der Waals surface area (Å²) in [6, 6.07) is 28.6. The van der Waals surface area contributed by atoms with Crippen molar-refractivity contribution in [2.45, 2.75) is 33.6 Å². The Bertz CT molecular complexity index is 1440. The fraction of sp³-hybridized carbons (Fsp3) is 0.161. The first-order chi connectivity index (χ1) is 16.7. The molecule has 0 aliphatic rings. The van der Waals surface area contributed by atoms with Crippen LogP contribution in [-0.2, 0) is 20.1 Å². The fourth-order valence-electron chi connectivity index (χ4n) is 3.94. The molecule has 0 amide bonds. The average Bonchev–Trinajstić information content (AvgIpc) is 2.83. The molecule has 0 fully saturated rings. The van der Waals surface area contributed by atoms with E-state index in [-0.39, 0.29) is 25.9 Å². The monoisotopic (exact) mass is 639 g/mol. The normalized spacial score (nSPS) is 11.1. The van der Waals surface area contributed by atoms with Crippen LogP contribution in [0.25, 0.3) is 33.3 Å². The third kappa shape index (κ3) is 6.42. The molecule has 2 heterocycles. The van der Waals surface area contributed by atoms with Crippen molar-refractivity contribution in [3.63, 3.8) is 0 Å². The molecule has 0 saturated carbocycles. The quantitative estimate of drug-likeness (QED) is 0.205. The number of phenolic OH excluding ortho intramolecular Hbond substituents is 1. The zero-order chi connectivity index (χ0) is 25.0. The van der Waals surface area contributed by atoms with Gasteiger partial charge in [-0.2, -0.15) is 0 Å². The molecule has 3 aromatic carbocycles. The first-order valence-corrected chi connectivity index (χ1v) is 11.3. The minimum Gasteiger partial charge on any atom is -0.507 e. The maximum Gasteiger partial charge on any atom is 0.124 e. The fourth-order valence-corrected chi connectivity index (χ4v) is 3.94. The second kappa shape index (κ2) is 11.9. The summed E-state index contributed by atoms with van der Waals surface area (Å²) in [4.78, 5) is 8.72. The summed E-state index contributed by atoms with van der Waals surface area (Å²) in [5, 5.41) is 11.8. The summed E-state index contributed by atoms with van der Waals surface area (Å²) in [5.74, 6) is -0.329. The molecular formula is C31H29IrN2O-. The van der Waals surface area contributed by atoms with E-state index in [9.17, 15) is 5.11 Å². The van der Waals surface area contributed by atoms with Crippen molar-refractivity contribution in [1.82, 2.24) is 9.97 Å². The van der Waals surface area contributed by atoms with Crippen LogP contribution >= 0.6 is 0 Å². The molecule has 0 atom stereocenters. The van der Waals surface area contributed by atoms with Gasteiger partial charge in [-0.05, 0) is 58.3 Å². The van der Waals surface area contributed by atoms with Crippen molar-refractivity contribution < 1.29 is 26.6 Å². The Morgan fingerprint density at radius 1 is 0.857 bits per heavy atom. The molecule has 0 saturated heterocycles. The third-order valence-corrected chi connectivity index (χ3v) is 5.59. The predicted molar refractivity (Wildman–Crippen MR) is 141 cm³/mol. The van der Waals surface area contributed by atoms with Crippen molar-refractivity contribution >= 4 is 10.8 Å². The second-order valence-corrected chi connectivity index (χ2v) is 8.58. The molecule has 3 nitrogen and oxygen atoms in total. The number of fused-ring (bicyclic) bond motifs is 1.